The van der Waals surface area contributed by atoms with E-state index in [4.69, 9.17) is 9.47 Å². The van der Waals surface area contributed by atoms with Crippen molar-refractivity contribution < 1.29 is 23.9 Å². The van der Waals surface area contributed by atoms with Crippen LogP contribution in [-0.2, 0) is 9.59 Å². The third kappa shape index (κ3) is 8.75. The van der Waals surface area contributed by atoms with Gasteiger partial charge >= 0.3 is 0 Å². The van der Waals surface area contributed by atoms with Crippen LogP contribution in [0, 0.1) is 0 Å². The SMILES string of the molecule is CCC(Sc1cccc(NC(=O)/C(=C\c2cc(OC)ccc2OC)NC(=O)c2ccccc2)c1)C(=O)Nc1ccccc1Br. The number of anilines is 2. The van der Waals surface area contributed by atoms with Gasteiger partial charge in [0, 0.05) is 26.2 Å². The van der Waals surface area contributed by atoms with Crippen LogP contribution in [0.5, 0.6) is 11.5 Å². The Kier molecular flexibility index (Phi) is 11.6. The van der Waals surface area contributed by atoms with Crippen molar-refractivity contribution in [2.45, 2.75) is 23.5 Å². The number of carbonyl (C=O) groups excluding carboxylic acids is 3. The standard InChI is InChI=1S/C34H32BrN3O5S/c1-4-31(34(41)37-28-16-9-8-15-27(28)35)44-26-14-10-13-24(21-26)36-33(40)29(38-32(39)22-11-6-5-7-12-22)20-23-19-25(42-2)17-18-30(23)43-3/h5-21,31H,4H2,1-3H3,(H,36,40)(H,37,41)(H,38,39)/b29-20+. The van der Waals surface area contributed by atoms with E-state index < -0.39 is 11.8 Å². The van der Waals surface area contributed by atoms with Crippen molar-refractivity contribution in [2.75, 3.05) is 24.9 Å². The van der Waals surface area contributed by atoms with Crippen LogP contribution >= 0.6 is 27.7 Å². The van der Waals surface area contributed by atoms with Crippen LogP contribution in [0.15, 0.2) is 112 Å². The highest BCUT2D eigenvalue weighted by atomic mass is 79.9. The van der Waals surface area contributed by atoms with E-state index in [1.54, 1.807) is 73.8 Å². The van der Waals surface area contributed by atoms with Gasteiger partial charge in [-0.25, -0.2) is 0 Å². The zero-order valence-electron chi connectivity index (χ0n) is 24.4. The van der Waals surface area contributed by atoms with Gasteiger partial charge in [0.1, 0.15) is 17.2 Å². The summed E-state index contributed by atoms with van der Waals surface area (Å²) in [6, 6.07) is 28.4. The van der Waals surface area contributed by atoms with E-state index in [9.17, 15) is 14.4 Å². The number of para-hydroxylation sites is 1. The average molecular weight is 675 g/mol. The van der Waals surface area contributed by atoms with Gasteiger partial charge in [0.2, 0.25) is 5.91 Å². The van der Waals surface area contributed by atoms with Crippen molar-refractivity contribution >= 4 is 62.9 Å². The maximum Gasteiger partial charge on any atom is 0.272 e. The van der Waals surface area contributed by atoms with E-state index in [0.29, 0.717) is 40.4 Å². The molecule has 3 amide bonds. The molecule has 226 valence electrons. The molecule has 3 N–H and O–H groups in total. The number of hydrogen-bond donors (Lipinski definition) is 3. The number of ether oxygens (including phenoxy) is 2. The lowest BCUT2D eigenvalue weighted by Gasteiger charge is -2.16. The molecular weight excluding hydrogens is 642 g/mol. The summed E-state index contributed by atoms with van der Waals surface area (Å²) in [5.41, 5.74) is 2.13. The van der Waals surface area contributed by atoms with Crippen LogP contribution in [0.2, 0.25) is 0 Å². The zero-order valence-corrected chi connectivity index (χ0v) is 26.8. The second kappa shape index (κ2) is 15.8. The molecule has 0 spiro atoms. The Morgan fingerprint density at radius 2 is 1.61 bits per heavy atom. The van der Waals surface area contributed by atoms with E-state index >= 15 is 0 Å². The zero-order chi connectivity index (χ0) is 31.5. The lowest BCUT2D eigenvalue weighted by atomic mass is 10.1. The van der Waals surface area contributed by atoms with Crippen molar-refractivity contribution in [3.8, 4) is 11.5 Å². The Balaban J connectivity index is 1.56. The van der Waals surface area contributed by atoms with Crippen molar-refractivity contribution in [3.63, 3.8) is 0 Å². The molecule has 44 heavy (non-hydrogen) atoms. The first-order valence-electron chi connectivity index (χ1n) is 13.7. The molecule has 4 rings (SSSR count). The van der Waals surface area contributed by atoms with E-state index in [-0.39, 0.29) is 16.9 Å². The third-order valence-electron chi connectivity index (χ3n) is 6.43. The number of benzene rings is 4. The van der Waals surface area contributed by atoms with Crippen LogP contribution in [0.25, 0.3) is 6.08 Å². The monoisotopic (exact) mass is 673 g/mol. The van der Waals surface area contributed by atoms with Gasteiger partial charge in [-0.15, -0.1) is 11.8 Å². The number of amides is 3. The molecule has 0 aliphatic heterocycles. The number of hydrogen-bond acceptors (Lipinski definition) is 6. The van der Waals surface area contributed by atoms with Gasteiger partial charge < -0.3 is 25.4 Å². The van der Waals surface area contributed by atoms with Gasteiger partial charge in [-0.1, -0.05) is 43.3 Å². The van der Waals surface area contributed by atoms with Crippen molar-refractivity contribution in [3.05, 3.63) is 118 Å². The minimum Gasteiger partial charge on any atom is -0.497 e. The van der Waals surface area contributed by atoms with Gasteiger partial charge in [0.25, 0.3) is 11.8 Å². The minimum atomic E-state index is -0.542. The fraction of sp³-hybridized carbons (Fsp3) is 0.147. The van der Waals surface area contributed by atoms with Crippen molar-refractivity contribution in [2.24, 2.45) is 0 Å². The molecule has 0 saturated carbocycles. The molecule has 1 atom stereocenters. The predicted octanol–water partition coefficient (Wildman–Crippen LogP) is 7.39. The minimum absolute atomic E-state index is 0.00251. The lowest BCUT2D eigenvalue weighted by molar-refractivity contribution is -0.116. The molecular formula is C34H32BrN3O5S. The first-order valence-corrected chi connectivity index (χ1v) is 15.4. The fourth-order valence-electron chi connectivity index (χ4n) is 4.16. The van der Waals surface area contributed by atoms with Crippen LogP contribution in [0.3, 0.4) is 0 Å². The largest absolute Gasteiger partial charge is 0.497 e. The maximum atomic E-state index is 13.6. The molecule has 0 fully saturated rings. The van der Waals surface area contributed by atoms with Gasteiger partial charge in [0.15, 0.2) is 0 Å². The summed E-state index contributed by atoms with van der Waals surface area (Å²) in [5.74, 6) is -0.0557. The van der Waals surface area contributed by atoms with Crippen LogP contribution in [-0.4, -0.2) is 37.2 Å². The number of rotatable bonds is 12. The van der Waals surface area contributed by atoms with Gasteiger partial charge in [-0.3, -0.25) is 14.4 Å². The smallest absolute Gasteiger partial charge is 0.272 e. The predicted molar refractivity (Wildman–Crippen MR) is 179 cm³/mol. The Morgan fingerprint density at radius 1 is 0.864 bits per heavy atom. The first kappa shape index (κ1) is 32.4. The highest BCUT2D eigenvalue weighted by molar-refractivity contribution is 9.10. The first-order chi connectivity index (χ1) is 21.3. The topological polar surface area (TPSA) is 106 Å². The summed E-state index contributed by atoms with van der Waals surface area (Å²) in [6.45, 7) is 1.95. The van der Waals surface area contributed by atoms with Gasteiger partial charge in [0.05, 0.1) is 25.2 Å². The van der Waals surface area contributed by atoms with Gasteiger partial charge in [-0.05, 0) is 89.1 Å². The summed E-state index contributed by atoms with van der Waals surface area (Å²) in [5, 5.41) is 8.23. The summed E-state index contributed by atoms with van der Waals surface area (Å²) in [4.78, 5) is 40.6. The summed E-state index contributed by atoms with van der Waals surface area (Å²) in [6.07, 6.45) is 2.13. The highest BCUT2D eigenvalue weighted by Gasteiger charge is 2.20. The molecule has 0 aromatic heterocycles. The Morgan fingerprint density at radius 3 is 2.32 bits per heavy atom. The molecule has 8 nitrogen and oxygen atoms in total. The number of halogens is 1. The van der Waals surface area contributed by atoms with Crippen molar-refractivity contribution in [1.82, 2.24) is 5.32 Å². The molecule has 0 saturated heterocycles. The average Bonchev–Trinajstić information content (AvgIpc) is 3.04. The Labute approximate surface area is 269 Å². The molecule has 1 unspecified atom stereocenters. The Hall–Kier alpha value is -4.54. The number of methoxy groups -OCH3 is 2. The molecule has 0 aliphatic carbocycles. The molecule has 10 heteroatoms. The fourth-order valence-corrected chi connectivity index (χ4v) is 5.56. The highest BCUT2D eigenvalue weighted by Crippen LogP contribution is 2.30. The van der Waals surface area contributed by atoms with Crippen LogP contribution in [0.4, 0.5) is 11.4 Å². The molecule has 4 aromatic carbocycles. The number of carbonyl (C=O) groups is 3. The van der Waals surface area contributed by atoms with Crippen LogP contribution in [0.1, 0.15) is 29.3 Å². The van der Waals surface area contributed by atoms with E-state index in [0.717, 1.165) is 9.37 Å². The second-order valence-corrected chi connectivity index (χ2v) is 11.6. The summed E-state index contributed by atoms with van der Waals surface area (Å²) < 4.78 is 11.6. The maximum absolute atomic E-state index is 13.6. The summed E-state index contributed by atoms with van der Waals surface area (Å²) >= 11 is 4.86. The van der Waals surface area contributed by atoms with E-state index in [2.05, 4.69) is 31.9 Å². The van der Waals surface area contributed by atoms with Crippen molar-refractivity contribution in [1.29, 1.82) is 0 Å². The third-order valence-corrected chi connectivity index (χ3v) is 8.48. The van der Waals surface area contributed by atoms with E-state index in [1.807, 2.05) is 37.3 Å². The lowest BCUT2D eigenvalue weighted by Crippen LogP contribution is -2.30. The van der Waals surface area contributed by atoms with Crippen LogP contribution < -0.4 is 25.4 Å². The second-order valence-electron chi connectivity index (χ2n) is 9.45. The summed E-state index contributed by atoms with van der Waals surface area (Å²) in [7, 11) is 3.06. The Bertz CT molecular complexity index is 1660. The number of thioether (sulfide) groups is 1. The molecule has 4 aromatic rings. The number of nitrogens with one attached hydrogen (secondary N) is 3. The quantitative estimate of drug-likeness (QED) is 0.107. The van der Waals surface area contributed by atoms with Gasteiger partial charge in [-0.2, -0.15) is 0 Å². The molecule has 0 aliphatic rings. The van der Waals surface area contributed by atoms with E-state index in [1.165, 1.54) is 24.9 Å². The molecule has 0 heterocycles. The molecule has 0 radical (unpaired) electrons. The normalized spacial score (nSPS) is 11.7. The molecule has 0 bridgehead atoms.